The standard InChI is InChI=1S/C12H16N2O2/c1-2-3-10(7-13)14-11(15)8-4-5-9(6-8)12(14)16/h8-10H,2-6H2,1H3. The van der Waals surface area contributed by atoms with Crippen molar-refractivity contribution in [1.29, 1.82) is 5.26 Å². The molecule has 3 atom stereocenters. The molecular weight excluding hydrogens is 204 g/mol. The average molecular weight is 220 g/mol. The summed E-state index contributed by atoms with van der Waals surface area (Å²) in [5.41, 5.74) is 0. The lowest BCUT2D eigenvalue weighted by Crippen LogP contribution is -2.51. The molecule has 4 nitrogen and oxygen atoms in total. The molecule has 1 heterocycles. The van der Waals surface area contributed by atoms with E-state index in [9.17, 15) is 9.59 Å². The summed E-state index contributed by atoms with van der Waals surface area (Å²) in [7, 11) is 0. The van der Waals surface area contributed by atoms with Crippen molar-refractivity contribution >= 4 is 11.8 Å². The van der Waals surface area contributed by atoms with Crippen molar-refractivity contribution in [3.63, 3.8) is 0 Å². The minimum atomic E-state index is -0.548. The van der Waals surface area contributed by atoms with Crippen molar-refractivity contribution in [3.8, 4) is 6.07 Å². The normalized spacial score (nSPS) is 30.4. The summed E-state index contributed by atoms with van der Waals surface area (Å²) in [6.45, 7) is 1.96. The Morgan fingerprint density at radius 1 is 1.38 bits per heavy atom. The van der Waals surface area contributed by atoms with Crippen molar-refractivity contribution < 1.29 is 9.59 Å². The van der Waals surface area contributed by atoms with Crippen molar-refractivity contribution in [2.75, 3.05) is 0 Å². The molecule has 0 radical (unpaired) electrons. The van der Waals surface area contributed by atoms with Gasteiger partial charge in [-0.15, -0.1) is 0 Å². The van der Waals surface area contributed by atoms with Crippen molar-refractivity contribution in [2.24, 2.45) is 11.8 Å². The van der Waals surface area contributed by atoms with Crippen LogP contribution in [0.25, 0.3) is 0 Å². The summed E-state index contributed by atoms with van der Waals surface area (Å²) < 4.78 is 0. The van der Waals surface area contributed by atoms with Gasteiger partial charge in [-0.05, 0) is 25.7 Å². The molecule has 2 rings (SSSR count). The Bertz CT molecular complexity index is 337. The molecule has 1 aliphatic carbocycles. The fourth-order valence-electron chi connectivity index (χ4n) is 2.76. The third kappa shape index (κ3) is 1.60. The molecule has 1 aliphatic heterocycles. The molecule has 0 spiro atoms. The van der Waals surface area contributed by atoms with E-state index in [0.29, 0.717) is 12.8 Å². The lowest BCUT2D eigenvalue weighted by Gasteiger charge is -2.32. The predicted molar refractivity (Wildman–Crippen MR) is 57.0 cm³/mol. The second-order valence-corrected chi connectivity index (χ2v) is 4.69. The van der Waals surface area contributed by atoms with Crippen LogP contribution in [0.5, 0.6) is 0 Å². The van der Waals surface area contributed by atoms with Crippen LogP contribution < -0.4 is 0 Å². The Hall–Kier alpha value is -1.37. The summed E-state index contributed by atoms with van der Waals surface area (Å²) in [4.78, 5) is 25.3. The number of nitriles is 1. The van der Waals surface area contributed by atoms with Crippen LogP contribution in [0.2, 0.25) is 0 Å². The van der Waals surface area contributed by atoms with Crippen molar-refractivity contribution in [3.05, 3.63) is 0 Å². The van der Waals surface area contributed by atoms with E-state index >= 15 is 0 Å². The fourth-order valence-corrected chi connectivity index (χ4v) is 2.76. The van der Waals surface area contributed by atoms with Crippen molar-refractivity contribution in [2.45, 2.75) is 45.1 Å². The summed E-state index contributed by atoms with van der Waals surface area (Å²) in [6, 6.07) is 1.54. The number of carbonyl (C=O) groups is 2. The third-order valence-corrected chi connectivity index (χ3v) is 3.63. The van der Waals surface area contributed by atoms with Gasteiger partial charge in [-0.2, -0.15) is 5.26 Å². The van der Waals surface area contributed by atoms with Crippen LogP contribution in [-0.4, -0.2) is 22.8 Å². The van der Waals surface area contributed by atoms with Gasteiger partial charge < -0.3 is 0 Å². The summed E-state index contributed by atoms with van der Waals surface area (Å²) >= 11 is 0. The molecule has 3 unspecified atom stereocenters. The Labute approximate surface area is 95.2 Å². The molecule has 2 fully saturated rings. The Balaban J connectivity index is 2.22. The smallest absolute Gasteiger partial charge is 0.233 e. The Morgan fingerprint density at radius 3 is 2.38 bits per heavy atom. The topological polar surface area (TPSA) is 61.2 Å². The zero-order valence-corrected chi connectivity index (χ0v) is 9.48. The maximum Gasteiger partial charge on any atom is 0.233 e. The maximum atomic E-state index is 12.0. The fraction of sp³-hybridized carbons (Fsp3) is 0.750. The summed E-state index contributed by atoms with van der Waals surface area (Å²) in [5, 5.41) is 9.04. The molecule has 0 aromatic heterocycles. The molecule has 0 aromatic rings. The number of piperidine rings is 1. The van der Waals surface area contributed by atoms with E-state index in [-0.39, 0.29) is 23.7 Å². The number of hydrogen-bond acceptors (Lipinski definition) is 3. The lowest BCUT2D eigenvalue weighted by atomic mass is 9.95. The van der Waals surface area contributed by atoms with Gasteiger partial charge in [-0.3, -0.25) is 14.5 Å². The molecular formula is C12H16N2O2. The Morgan fingerprint density at radius 2 is 1.94 bits per heavy atom. The highest BCUT2D eigenvalue weighted by atomic mass is 16.2. The largest absolute Gasteiger partial charge is 0.274 e. The highest BCUT2D eigenvalue weighted by molar-refractivity contribution is 6.01. The predicted octanol–water partition coefficient (Wildman–Crippen LogP) is 1.46. The SMILES string of the molecule is CCCC(C#N)N1C(=O)C2CCC(C2)C1=O. The second kappa shape index (κ2) is 4.25. The van der Waals surface area contributed by atoms with E-state index in [0.717, 1.165) is 19.3 Å². The van der Waals surface area contributed by atoms with Gasteiger partial charge in [-0.1, -0.05) is 13.3 Å². The molecule has 86 valence electrons. The first kappa shape index (κ1) is 11.1. The van der Waals surface area contributed by atoms with Crippen LogP contribution in [0, 0.1) is 23.2 Å². The van der Waals surface area contributed by atoms with Crippen LogP contribution in [0.3, 0.4) is 0 Å². The number of imide groups is 1. The maximum absolute atomic E-state index is 12.0. The highest BCUT2D eigenvalue weighted by Crippen LogP contribution is 2.39. The van der Waals surface area contributed by atoms with Gasteiger partial charge in [0.05, 0.1) is 6.07 Å². The van der Waals surface area contributed by atoms with Gasteiger partial charge >= 0.3 is 0 Å². The first-order chi connectivity index (χ1) is 7.69. The van der Waals surface area contributed by atoms with Crippen LogP contribution >= 0.6 is 0 Å². The lowest BCUT2D eigenvalue weighted by molar-refractivity contribution is -0.154. The number of likely N-dealkylation sites (tertiary alicyclic amines) is 1. The summed E-state index contributed by atoms with van der Waals surface area (Å²) in [5.74, 6) is -0.233. The molecule has 4 heteroatoms. The van der Waals surface area contributed by atoms with Crippen LogP contribution in [0.1, 0.15) is 39.0 Å². The van der Waals surface area contributed by atoms with Crippen molar-refractivity contribution in [1.82, 2.24) is 4.90 Å². The summed E-state index contributed by atoms with van der Waals surface area (Å²) in [6.07, 6.45) is 3.74. The average Bonchev–Trinajstić information content (AvgIpc) is 2.72. The number of amides is 2. The third-order valence-electron chi connectivity index (χ3n) is 3.63. The van der Waals surface area contributed by atoms with E-state index < -0.39 is 6.04 Å². The number of nitrogens with zero attached hydrogens (tertiary/aromatic N) is 2. The number of rotatable bonds is 3. The quantitative estimate of drug-likeness (QED) is 0.676. The van der Waals surface area contributed by atoms with Gasteiger partial charge in [0.2, 0.25) is 11.8 Å². The number of fused-ring (bicyclic) bond motifs is 2. The van der Waals surface area contributed by atoms with Gasteiger partial charge in [0.15, 0.2) is 0 Å². The number of hydrogen-bond donors (Lipinski definition) is 0. The minimum Gasteiger partial charge on any atom is -0.274 e. The zero-order valence-electron chi connectivity index (χ0n) is 9.48. The Kier molecular flexibility index (Phi) is 2.95. The molecule has 2 bridgehead atoms. The minimum absolute atomic E-state index is 0.00425. The number of carbonyl (C=O) groups excluding carboxylic acids is 2. The zero-order chi connectivity index (χ0) is 11.7. The second-order valence-electron chi connectivity index (χ2n) is 4.69. The molecule has 2 aliphatic rings. The van der Waals surface area contributed by atoms with Gasteiger partial charge in [0.25, 0.3) is 0 Å². The highest BCUT2D eigenvalue weighted by Gasteiger charge is 2.47. The monoisotopic (exact) mass is 220 g/mol. The molecule has 0 aromatic carbocycles. The molecule has 1 saturated carbocycles. The first-order valence-corrected chi connectivity index (χ1v) is 5.95. The van der Waals surface area contributed by atoms with Gasteiger partial charge in [-0.25, -0.2) is 0 Å². The molecule has 16 heavy (non-hydrogen) atoms. The van der Waals surface area contributed by atoms with E-state index in [2.05, 4.69) is 6.07 Å². The van der Waals surface area contributed by atoms with Crippen LogP contribution in [-0.2, 0) is 9.59 Å². The van der Waals surface area contributed by atoms with E-state index in [1.165, 1.54) is 4.90 Å². The van der Waals surface area contributed by atoms with E-state index in [1.807, 2.05) is 6.92 Å². The first-order valence-electron chi connectivity index (χ1n) is 5.95. The molecule has 1 saturated heterocycles. The molecule has 2 amide bonds. The van der Waals surface area contributed by atoms with Crippen LogP contribution in [0.15, 0.2) is 0 Å². The van der Waals surface area contributed by atoms with E-state index in [1.54, 1.807) is 0 Å². The van der Waals surface area contributed by atoms with Gasteiger partial charge in [0.1, 0.15) is 6.04 Å². The molecule has 0 N–H and O–H groups in total. The van der Waals surface area contributed by atoms with E-state index in [4.69, 9.17) is 5.26 Å². The van der Waals surface area contributed by atoms with Crippen LogP contribution in [0.4, 0.5) is 0 Å². The van der Waals surface area contributed by atoms with Gasteiger partial charge in [0, 0.05) is 11.8 Å².